The lowest BCUT2D eigenvalue weighted by atomic mass is 10.1. The van der Waals surface area contributed by atoms with Crippen molar-refractivity contribution in [2.24, 2.45) is 4.99 Å². The number of nitrogens with one attached hydrogen (secondary N) is 2. The smallest absolute Gasteiger partial charge is 0.356 e. The molecular weight excluding hydrogens is 468 g/mol. The van der Waals surface area contributed by atoms with Crippen molar-refractivity contribution >= 4 is 29.9 Å². The number of hydrogen-bond acceptors (Lipinski definition) is 2. The topological polar surface area (TPSA) is 39.7 Å². The van der Waals surface area contributed by atoms with E-state index in [2.05, 4.69) is 20.5 Å². The van der Waals surface area contributed by atoms with Gasteiger partial charge in [0.05, 0.1) is 5.56 Å². The number of likely N-dealkylation sites (tertiary alicyclic amines) is 1. The van der Waals surface area contributed by atoms with Crippen LogP contribution >= 0.6 is 24.0 Å². The highest BCUT2D eigenvalue weighted by molar-refractivity contribution is 14.0. The molecule has 27 heavy (non-hydrogen) atoms. The van der Waals surface area contributed by atoms with E-state index in [1.165, 1.54) is 51.0 Å². The molecule has 1 aromatic rings. The fourth-order valence-corrected chi connectivity index (χ4v) is 3.08. The highest BCUT2D eigenvalue weighted by atomic mass is 127. The molecule has 1 saturated heterocycles. The average molecular weight is 498 g/mol. The van der Waals surface area contributed by atoms with Crippen LogP contribution in [0.5, 0.6) is 0 Å². The molecule has 0 saturated carbocycles. The van der Waals surface area contributed by atoms with Gasteiger partial charge < -0.3 is 15.5 Å². The van der Waals surface area contributed by atoms with Crippen LogP contribution in [0.3, 0.4) is 0 Å². The maximum Gasteiger partial charge on any atom is 0.416 e. The molecule has 0 bridgehead atoms. The summed E-state index contributed by atoms with van der Waals surface area (Å²) in [5.74, 6) is 0.734. The van der Waals surface area contributed by atoms with Gasteiger partial charge in [0.25, 0.3) is 0 Å². The van der Waals surface area contributed by atoms with Crippen LogP contribution in [0.25, 0.3) is 0 Å². The third-order valence-corrected chi connectivity index (χ3v) is 4.60. The number of alkyl halides is 3. The quantitative estimate of drug-likeness (QED) is 0.247. The number of nitrogens with zero attached hydrogens (tertiary/aromatic N) is 2. The molecule has 0 spiro atoms. The molecule has 1 heterocycles. The van der Waals surface area contributed by atoms with Crippen molar-refractivity contribution in [1.82, 2.24) is 15.5 Å². The second-order valence-corrected chi connectivity index (χ2v) is 6.63. The molecule has 4 nitrogen and oxygen atoms in total. The summed E-state index contributed by atoms with van der Waals surface area (Å²) in [5.41, 5.74) is 0.257. The summed E-state index contributed by atoms with van der Waals surface area (Å²) in [7, 11) is 1.72. The van der Waals surface area contributed by atoms with Gasteiger partial charge in [-0.25, -0.2) is 0 Å². The van der Waals surface area contributed by atoms with Gasteiger partial charge in [-0.15, -0.1) is 24.0 Å². The fourth-order valence-electron chi connectivity index (χ4n) is 3.08. The molecule has 8 heteroatoms. The Labute approximate surface area is 177 Å². The van der Waals surface area contributed by atoms with E-state index in [1.807, 2.05) is 0 Å². The van der Waals surface area contributed by atoms with Crippen molar-refractivity contribution in [1.29, 1.82) is 0 Å². The Hall–Kier alpha value is -1.03. The Balaban J connectivity index is 0.00000364. The number of aliphatic imine (C=N–C) groups is 1. The molecule has 0 unspecified atom stereocenters. The largest absolute Gasteiger partial charge is 0.416 e. The molecule has 0 aliphatic carbocycles. The van der Waals surface area contributed by atoms with Crippen molar-refractivity contribution < 1.29 is 13.2 Å². The summed E-state index contributed by atoms with van der Waals surface area (Å²) in [6.07, 6.45) is 1.29. The normalized spacial score (nSPS) is 15.5. The molecule has 1 aliphatic rings. The molecule has 2 N–H and O–H groups in total. The van der Waals surface area contributed by atoms with E-state index < -0.39 is 11.7 Å². The van der Waals surface area contributed by atoms with Crippen LogP contribution in [-0.2, 0) is 12.6 Å². The van der Waals surface area contributed by atoms with Gasteiger partial charge in [0.2, 0.25) is 0 Å². The summed E-state index contributed by atoms with van der Waals surface area (Å²) in [6.45, 7) is 5.13. The van der Waals surface area contributed by atoms with Crippen LogP contribution in [0.4, 0.5) is 13.2 Å². The van der Waals surface area contributed by atoms with Gasteiger partial charge in [0.15, 0.2) is 5.96 Å². The molecule has 1 aliphatic heterocycles. The van der Waals surface area contributed by atoms with E-state index in [0.29, 0.717) is 13.0 Å². The van der Waals surface area contributed by atoms with Crippen LogP contribution in [0.15, 0.2) is 29.3 Å². The van der Waals surface area contributed by atoms with Gasteiger partial charge in [0.1, 0.15) is 0 Å². The third kappa shape index (κ3) is 9.14. The predicted octanol–water partition coefficient (Wildman–Crippen LogP) is 3.91. The van der Waals surface area contributed by atoms with Crippen molar-refractivity contribution in [2.45, 2.75) is 38.3 Å². The van der Waals surface area contributed by atoms with Crippen molar-refractivity contribution in [2.75, 3.05) is 39.8 Å². The highest BCUT2D eigenvalue weighted by Crippen LogP contribution is 2.29. The minimum absolute atomic E-state index is 0. The lowest BCUT2D eigenvalue weighted by Crippen LogP contribution is -2.38. The van der Waals surface area contributed by atoms with Gasteiger partial charge in [-0.2, -0.15) is 13.2 Å². The van der Waals surface area contributed by atoms with Gasteiger partial charge in [0, 0.05) is 20.1 Å². The van der Waals surface area contributed by atoms with Crippen LogP contribution in [0.1, 0.15) is 36.8 Å². The second kappa shape index (κ2) is 12.4. The highest BCUT2D eigenvalue weighted by Gasteiger charge is 2.29. The Morgan fingerprint density at radius 3 is 2.26 bits per heavy atom. The minimum atomic E-state index is -4.28. The Kier molecular flexibility index (Phi) is 11.1. The number of guanidine groups is 1. The summed E-state index contributed by atoms with van der Waals surface area (Å²) in [5, 5.41) is 6.48. The Morgan fingerprint density at radius 2 is 1.67 bits per heavy atom. The van der Waals surface area contributed by atoms with Crippen LogP contribution in [0.2, 0.25) is 0 Å². The zero-order valence-electron chi connectivity index (χ0n) is 15.8. The van der Waals surface area contributed by atoms with Crippen molar-refractivity contribution in [3.63, 3.8) is 0 Å². The van der Waals surface area contributed by atoms with E-state index in [9.17, 15) is 13.2 Å². The summed E-state index contributed by atoms with van der Waals surface area (Å²) >= 11 is 0. The standard InChI is InChI=1S/C19H29F3N4.HI/c1-23-18(24-11-2-3-13-26-14-4-5-15-26)25-12-10-16-6-8-17(9-7-16)19(20,21)22;/h6-9H,2-5,10-15H2,1H3,(H2,23,24,25);1H. The van der Waals surface area contributed by atoms with E-state index in [4.69, 9.17) is 0 Å². The molecule has 1 fully saturated rings. The van der Waals surface area contributed by atoms with Crippen LogP contribution < -0.4 is 10.6 Å². The Bertz CT molecular complexity index is 555. The molecule has 0 aromatic heterocycles. The van der Waals surface area contributed by atoms with E-state index in [0.717, 1.165) is 36.6 Å². The average Bonchev–Trinajstić information content (AvgIpc) is 3.13. The van der Waals surface area contributed by atoms with Crippen molar-refractivity contribution in [3.05, 3.63) is 35.4 Å². The summed E-state index contributed by atoms with van der Waals surface area (Å²) in [6, 6.07) is 5.31. The minimum Gasteiger partial charge on any atom is -0.356 e. The first-order chi connectivity index (χ1) is 12.5. The molecular formula is C19H30F3IN4. The first-order valence-electron chi connectivity index (χ1n) is 9.32. The van der Waals surface area contributed by atoms with Crippen LogP contribution in [0, 0.1) is 0 Å². The molecule has 2 rings (SSSR count). The summed E-state index contributed by atoms with van der Waals surface area (Å²) in [4.78, 5) is 6.69. The number of benzene rings is 1. The first kappa shape index (κ1) is 24.0. The zero-order valence-corrected chi connectivity index (χ0v) is 18.1. The molecule has 1 aromatic carbocycles. The van der Waals surface area contributed by atoms with E-state index in [1.54, 1.807) is 7.05 Å². The van der Waals surface area contributed by atoms with Gasteiger partial charge >= 0.3 is 6.18 Å². The predicted molar refractivity (Wildman–Crippen MR) is 115 cm³/mol. The number of halogens is 4. The number of hydrogen-bond donors (Lipinski definition) is 2. The second-order valence-electron chi connectivity index (χ2n) is 6.63. The van der Waals surface area contributed by atoms with Crippen LogP contribution in [-0.4, -0.2) is 50.6 Å². The summed E-state index contributed by atoms with van der Waals surface area (Å²) < 4.78 is 37.6. The van der Waals surface area contributed by atoms with E-state index >= 15 is 0 Å². The number of rotatable bonds is 8. The van der Waals surface area contributed by atoms with Gasteiger partial charge in [-0.3, -0.25) is 4.99 Å². The lowest BCUT2D eigenvalue weighted by molar-refractivity contribution is -0.137. The molecule has 0 atom stereocenters. The maximum absolute atomic E-state index is 12.5. The van der Waals surface area contributed by atoms with Gasteiger partial charge in [-0.1, -0.05) is 12.1 Å². The van der Waals surface area contributed by atoms with E-state index in [-0.39, 0.29) is 24.0 Å². The Morgan fingerprint density at radius 1 is 1.04 bits per heavy atom. The fraction of sp³-hybridized carbons (Fsp3) is 0.632. The lowest BCUT2D eigenvalue weighted by Gasteiger charge is -2.15. The number of unbranched alkanes of at least 4 members (excludes halogenated alkanes) is 1. The molecule has 154 valence electrons. The molecule has 0 radical (unpaired) electrons. The maximum atomic E-state index is 12.5. The van der Waals surface area contributed by atoms with Crippen molar-refractivity contribution in [3.8, 4) is 0 Å². The third-order valence-electron chi connectivity index (χ3n) is 4.60. The first-order valence-corrected chi connectivity index (χ1v) is 9.32. The van der Waals surface area contributed by atoms with Gasteiger partial charge in [-0.05, 0) is 69.4 Å². The SMILES string of the molecule is CN=C(NCCCCN1CCCC1)NCCc1ccc(C(F)(F)F)cc1.I. The zero-order chi connectivity index (χ0) is 18.8. The molecule has 0 amide bonds. The monoisotopic (exact) mass is 498 g/mol.